The Morgan fingerprint density at radius 2 is 2.00 bits per heavy atom. The maximum absolute atomic E-state index is 10.9. The second-order valence-corrected chi connectivity index (χ2v) is 4.11. The number of carbonyl (C=O) groups is 1. The van der Waals surface area contributed by atoms with Crippen LogP contribution in [0.2, 0.25) is 0 Å². The summed E-state index contributed by atoms with van der Waals surface area (Å²) in [5.41, 5.74) is 2.66. The van der Waals surface area contributed by atoms with Crippen molar-refractivity contribution in [1.82, 2.24) is 20.0 Å². The molecule has 0 fully saturated rings. The van der Waals surface area contributed by atoms with E-state index in [2.05, 4.69) is 15.3 Å². The third kappa shape index (κ3) is 2.15. The van der Waals surface area contributed by atoms with Gasteiger partial charge in [-0.2, -0.15) is 0 Å². The topological polar surface area (TPSA) is 80.9 Å². The first-order valence-corrected chi connectivity index (χ1v) is 5.69. The zero-order chi connectivity index (χ0) is 13.2. The van der Waals surface area contributed by atoms with Gasteiger partial charge in [0.25, 0.3) is 0 Å². The molecule has 0 amide bonds. The SMILES string of the molecule is O=C(O)c1ccc2c(c1)nnn2Cc1ccncc1. The predicted molar refractivity (Wildman–Crippen MR) is 67.8 cm³/mol. The quantitative estimate of drug-likeness (QED) is 0.767. The molecule has 0 unspecified atom stereocenters. The number of hydrogen-bond acceptors (Lipinski definition) is 4. The highest BCUT2D eigenvalue weighted by Crippen LogP contribution is 2.14. The number of nitrogens with zero attached hydrogens (tertiary/aromatic N) is 4. The first-order chi connectivity index (χ1) is 9.24. The van der Waals surface area contributed by atoms with Crippen LogP contribution < -0.4 is 0 Å². The Bertz CT molecular complexity index is 737. The predicted octanol–water partition coefficient (Wildman–Crippen LogP) is 1.57. The molecule has 3 rings (SSSR count). The van der Waals surface area contributed by atoms with Crippen molar-refractivity contribution >= 4 is 17.0 Å². The first kappa shape index (κ1) is 11.3. The number of benzene rings is 1. The van der Waals surface area contributed by atoms with E-state index in [0.717, 1.165) is 11.1 Å². The van der Waals surface area contributed by atoms with Gasteiger partial charge in [0, 0.05) is 12.4 Å². The molecule has 0 spiro atoms. The van der Waals surface area contributed by atoms with E-state index < -0.39 is 5.97 Å². The van der Waals surface area contributed by atoms with Crippen LogP contribution in [0.5, 0.6) is 0 Å². The fourth-order valence-electron chi connectivity index (χ4n) is 1.88. The highest BCUT2D eigenvalue weighted by Gasteiger charge is 2.09. The lowest BCUT2D eigenvalue weighted by atomic mass is 10.2. The lowest BCUT2D eigenvalue weighted by Gasteiger charge is -2.02. The summed E-state index contributed by atoms with van der Waals surface area (Å²) >= 11 is 0. The molecular weight excluding hydrogens is 244 g/mol. The normalized spacial score (nSPS) is 10.7. The van der Waals surface area contributed by atoms with Gasteiger partial charge < -0.3 is 5.11 Å². The third-order valence-electron chi connectivity index (χ3n) is 2.84. The summed E-state index contributed by atoms with van der Waals surface area (Å²) in [4.78, 5) is 14.8. The van der Waals surface area contributed by atoms with Gasteiger partial charge in [-0.25, -0.2) is 9.48 Å². The highest BCUT2D eigenvalue weighted by molar-refractivity contribution is 5.92. The molecular formula is C13H10N4O2. The molecule has 0 aliphatic heterocycles. The van der Waals surface area contributed by atoms with Crippen LogP contribution in [-0.4, -0.2) is 31.1 Å². The van der Waals surface area contributed by atoms with Crippen LogP contribution in [0.25, 0.3) is 11.0 Å². The molecule has 1 N–H and O–H groups in total. The molecule has 0 saturated carbocycles. The summed E-state index contributed by atoms with van der Waals surface area (Å²) in [6, 6.07) is 8.60. The van der Waals surface area contributed by atoms with E-state index in [0.29, 0.717) is 12.1 Å². The van der Waals surface area contributed by atoms with E-state index in [1.165, 1.54) is 6.07 Å². The van der Waals surface area contributed by atoms with Crippen molar-refractivity contribution in [3.63, 3.8) is 0 Å². The van der Waals surface area contributed by atoms with Gasteiger partial charge in [0.05, 0.1) is 17.6 Å². The minimum atomic E-state index is -0.967. The average molecular weight is 254 g/mol. The van der Waals surface area contributed by atoms with Crippen LogP contribution in [0, 0.1) is 0 Å². The van der Waals surface area contributed by atoms with Crippen LogP contribution in [0.3, 0.4) is 0 Å². The molecule has 0 atom stereocenters. The summed E-state index contributed by atoms with van der Waals surface area (Å²) in [5.74, 6) is -0.967. The van der Waals surface area contributed by atoms with E-state index in [4.69, 9.17) is 5.11 Å². The van der Waals surface area contributed by atoms with Crippen molar-refractivity contribution in [2.45, 2.75) is 6.54 Å². The van der Waals surface area contributed by atoms with Gasteiger partial charge in [0.15, 0.2) is 0 Å². The second kappa shape index (κ2) is 4.49. The summed E-state index contributed by atoms with van der Waals surface area (Å²) in [5, 5.41) is 17.0. The average Bonchev–Trinajstić information content (AvgIpc) is 2.82. The minimum Gasteiger partial charge on any atom is -0.478 e. The van der Waals surface area contributed by atoms with E-state index in [9.17, 15) is 4.79 Å². The summed E-state index contributed by atoms with van der Waals surface area (Å²) in [7, 11) is 0. The number of hydrogen-bond donors (Lipinski definition) is 1. The van der Waals surface area contributed by atoms with Crippen molar-refractivity contribution in [3.8, 4) is 0 Å². The van der Waals surface area contributed by atoms with Gasteiger partial charge in [-0.3, -0.25) is 4.98 Å². The third-order valence-corrected chi connectivity index (χ3v) is 2.84. The molecule has 0 radical (unpaired) electrons. The zero-order valence-corrected chi connectivity index (χ0v) is 9.89. The summed E-state index contributed by atoms with van der Waals surface area (Å²) in [6.45, 7) is 0.575. The molecule has 6 nitrogen and oxygen atoms in total. The number of carboxylic acids is 1. The molecule has 1 aromatic carbocycles. The van der Waals surface area contributed by atoms with Crippen molar-refractivity contribution in [2.24, 2.45) is 0 Å². The Labute approximate surface area is 108 Å². The second-order valence-electron chi connectivity index (χ2n) is 4.11. The largest absolute Gasteiger partial charge is 0.478 e. The Hall–Kier alpha value is -2.76. The lowest BCUT2D eigenvalue weighted by Crippen LogP contribution is -2.02. The van der Waals surface area contributed by atoms with Crippen molar-refractivity contribution in [3.05, 3.63) is 53.9 Å². The molecule has 94 valence electrons. The van der Waals surface area contributed by atoms with Crippen molar-refractivity contribution in [2.75, 3.05) is 0 Å². The number of fused-ring (bicyclic) bond motifs is 1. The van der Waals surface area contributed by atoms with E-state index in [-0.39, 0.29) is 5.56 Å². The van der Waals surface area contributed by atoms with E-state index in [1.807, 2.05) is 12.1 Å². The minimum absolute atomic E-state index is 0.212. The molecule has 0 aliphatic rings. The molecule has 3 aromatic rings. The maximum Gasteiger partial charge on any atom is 0.335 e. The molecule has 2 aromatic heterocycles. The van der Waals surface area contributed by atoms with Crippen molar-refractivity contribution < 1.29 is 9.90 Å². The zero-order valence-electron chi connectivity index (χ0n) is 9.89. The molecule has 2 heterocycles. The number of aromatic nitrogens is 4. The molecule has 6 heteroatoms. The molecule has 19 heavy (non-hydrogen) atoms. The van der Waals surface area contributed by atoms with Crippen LogP contribution in [-0.2, 0) is 6.54 Å². The fourth-order valence-corrected chi connectivity index (χ4v) is 1.88. The van der Waals surface area contributed by atoms with Crippen molar-refractivity contribution in [1.29, 1.82) is 0 Å². The Morgan fingerprint density at radius 1 is 1.21 bits per heavy atom. The van der Waals surface area contributed by atoms with Gasteiger partial charge in [-0.15, -0.1) is 5.10 Å². The molecule has 0 aliphatic carbocycles. The van der Waals surface area contributed by atoms with Gasteiger partial charge >= 0.3 is 5.97 Å². The number of carboxylic acid groups (broad SMARTS) is 1. The van der Waals surface area contributed by atoms with Gasteiger partial charge in [-0.1, -0.05) is 5.21 Å². The van der Waals surface area contributed by atoms with Crippen LogP contribution in [0.15, 0.2) is 42.7 Å². The van der Waals surface area contributed by atoms with Gasteiger partial charge in [0.2, 0.25) is 0 Å². The Balaban J connectivity index is 1.99. The fraction of sp³-hybridized carbons (Fsp3) is 0.0769. The molecule has 0 saturated heterocycles. The Kier molecular flexibility index (Phi) is 2.68. The summed E-state index contributed by atoms with van der Waals surface area (Å²) < 4.78 is 1.73. The van der Waals surface area contributed by atoms with Crippen LogP contribution in [0.1, 0.15) is 15.9 Å². The van der Waals surface area contributed by atoms with Crippen LogP contribution >= 0.6 is 0 Å². The number of aromatic carboxylic acids is 1. The number of pyridine rings is 1. The smallest absolute Gasteiger partial charge is 0.335 e. The van der Waals surface area contributed by atoms with Gasteiger partial charge in [-0.05, 0) is 35.9 Å². The molecule has 0 bridgehead atoms. The Morgan fingerprint density at radius 3 is 2.74 bits per heavy atom. The monoisotopic (exact) mass is 254 g/mol. The van der Waals surface area contributed by atoms with E-state index >= 15 is 0 Å². The highest BCUT2D eigenvalue weighted by atomic mass is 16.4. The first-order valence-electron chi connectivity index (χ1n) is 5.69. The number of rotatable bonds is 3. The maximum atomic E-state index is 10.9. The standard InChI is InChI=1S/C13H10N4O2/c18-13(19)10-1-2-12-11(7-10)15-16-17(12)8-9-3-5-14-6-4-9/h1-7H,8H2,(H,18,19). The lowest BCUT2D eigenvalue weighted by molar-refractivity contribution is 0.0697. The van der Waals surface area contributed by atoms with Crippen LogP contribution in [0.4, 0.5) is 0 Å². The van der Waals surface area contributed by atoms with Gasteiger partial charge in [0.1, 0.15) is 5.52 Å². The van der Waals surface area contributed by atoms with E-state index in [1.54, 1.807) is 29.2 Å². The summed E-state index contributed by atoms with van der Waals surface area (Å²) in [6.07, 6.45) is 3.44.